The van der Waals surface area contributed by atoms with Crippen LogP contribution in [0.2, 0.25) is 0 Å². The second-order valence-electron chi connectivity index (χ2n) is 5.63. The number of rotatable bonds is 9. The van der Waals surface area contributed by atoms with E-state index in [1.165, 1.54) is 11.1 Å². The first kappa shape index (κ1) is 17.5. The molecule has 0 spiro atoms. The zero-order valence-corrected chi connectivity index (χ0v) is 14.5. The van der Waals surface area contributed by atoms with Crippen molar-refractivity contribution < 1.29 is 4.74 Å². The van der Waals surface area contributed by atoms with Crippen LogP contribution in [0.1, 0.15) is 31.0 Å². The van der Waals surface area contributed by atoms with Crippen LogP contribution >= 0.6 is 0 Å². The van der Waals surface area contributed by atoms with E-state index in [1.807, 2.05) is 12.1 Å². The fourth-order valence-electron chi connectivity index (χ4n) is 2.90. The van der Waals surface area contributed by atoms with Crippen LogP contribution in [0, 0.1) is 0 Å². The molecule has 3 heteroatoms. The van der Waals surface area contributed by atoms with Crippen molar-refractivity contribution in [2.24, 2.45) is 0 Å². The summed E-state index contributed by atoms with van der Waals surface area (Å²) in [5, 5.41) is 3.61. The molecule has 3 nitrogen and oxygen atoms in total. The fraction of sp³-hybridized carbons (Fsp3) is 0.400. The Morgan fingerprint density at radius 2 is 1.61 bits per heavy atom. The van der Waals surface area contributed by atoms with Gasteiger partial charge in [-0.15, -0.1) is 0 Å². The minimum Gasteiger partial charge on any atom is -0.497 e. The predicted molar refractivity (Wildman–Crippen MR) is 96.8 cm³/mol. The molecule has 0 aromatic heterocycles. The molecule has 23 heavy (non-hydrogen) atoms. The molecule has 2 aromatic rings. The Morgan fingerprint density at radius 1 is 0.957 bits per heavy atom. The molecule has 2 rings (SSSR count). The third-order valence-corrected chi connectivity index (χ3v) is 4.26. The van der Waals surface area contributed by atoms with E-state index >= 15 is 0 Å². The lowest BCUT2D eigenvalue weighted by molar-refractivity contribution is 0.213. The molecule has 0 saturated heterocycles. The summed E-state index contributed by atoms with van der Waals surface area (Å²) in [7, 11) is 1.71. The van der Waals surface area contributed by atoms with E-state index in [9.17, 15) is 0 Å². The maximum absolute atomic E-state index is 5.27. The van der Waals surface area contributed by atoms with Crippen molar-refractivity contribution in [2.75, 3.05) is 26.7 Å². The highest BCUT2D eigenvalue weighted by Gasteiger charge is 2.17. The van der Waals surface area contributed by atoms with Gasteiger partial charge in [-0.3, -0.25) is 4.90 Å². The van der Waals surface area contributed by atoms with Gasteiger partial charge in [-0.05, 0) is 36.3 Å². The van der Waals surface area contributed by atoms with Gasteiger partial charge in [0.2, 0.25) is 0 Å². The molecule has 0 radical (unpaired) electrons. The number of likely N-dealkylation sites (N-methyl/N-ethyl adjacent to an activating group) is 1. The van der Waals surface area contributed by atoms with E-state index in [4.69, 9.17) is 4.74 Å². The average molecular weight is 312 g/mol. The van der Waals surface area contributed by atoms with Crippen molar-refractivity contribution in [3.05, 3.63) is 65.7 Å². The molecule has 0 fully saturated rings. The SMILES string of the molecule is CCN(CC)C(CNCc1ccccc1)c1ccc(OC)cc1. The Hall–Kier alpha value is -1.84. The zero-order valence-electron chi connectivity index (χ0n) is 14.5. The topological polar surface area (TPSA) is 24.5 Å². The van der Waals surface area contributed by atoms with Crippen LogP contribution in [0.3, 0.4) is 0 Å². The molecule has 0 saturated carbocycles. The van der Waals surface area contributed by atoms with Crippen molar-refractivity contribution >= 4 is 0 Å². The normalized spacial score (nSPS) is 12.3. The Balaban J connectivity index is 2.04. The minimum absolute atomic E-state index is 0.375. The van der Waals surface area contributed by atoms with Gasteiger partial charge in [0.05, 0.1) is 7.11 Å². The average Bonchev–Trinajstić information content (AvgIpc) is 2.62. The van der Waals surface area contributed by atoms with Gasteiger partial charge >= 0.3 is 0 Å². The van der Waals surface area contributed by atoms with Gasteiger partial charge in [-0.25, -0.2) is 0 Å². The maximum Gasteiger partial charge on any atom is 0.118 e. The maximum atomic E-state index is 5.27. The van der Waals surface area contributed by atoms with Gasteiger partial charge in [0.25, 0.3) is 0 Å². The third-order valence-electron chi connectivity index (χ3n) is 4.26. The molecule has 0 heterocycles. The summed E-state index contributed by atoms with van der Waals surface area (Å²) in [6.07, 6.45) is 0. The molecule has 0 amide bonds. The molecule has 1 atom stereocenters. The quantitative estimate of drug-likeness (QED) is 0.761. The highest BCUT2D eigenvalue weighted by atomic mass is 16.5. The second kappa shape index (κ2) is 9.33. The van der Waals surface area contributed by atoms with Crippen LogP contribution in [-0.2, 0) is 6.54 Å². The number of benzene rings is 2. The van der Waals surface area contributed by atoms with Gasteiger partial charge in [-0.1, -0.05) is 56.3 Å². The molecular weight excluding hydrogens is 284 g/mol. The molecule has 1 unspecified atom stereocenters. The summed E-state index contributed by atoms with van der Waals surface area (Å²) in [6.45, 7) is 8.35. The lowest BCUT2D eigenvalue weighted by Crippen LogP contribution is -2.35. The Morgan fingerprint density at radius 3 is 2.17 bits per heavy atom. The van der Waals surface area contributed by atoms with Gasteiger partial charge in [0.1, 0.15) is 5.75 Å². The van der Waals surface area contributed by atoms with E-state index in [0.29, 0.717) is 6.04 Å². The van der Waals surface area contributed by atoms with Crippen molar-refractivity contribution in [1.82, 2.24) is 10.2 Å². The second-order valence-corrected chi connectivity index (χ2v) is 5.63. The summed E-state index contributed by atoms with van der Waals surface area (Å²) in [6, 6.07) is 19.4. The van der Waals surface area contributed by atoms with Gasteiger partial charge < -0.3 is 10.1 Å². The highest BCUT2D eigenvalue weighted by molar-refractivity contribution is 5.29. The number of nitrogens with zero attached hydrogens (tertiary/aromatic N) is 1. The summed E-state index contributed by atoms with van der Waals surface area (Å²) >= 11 is 0. The largest absolute Gasteiger partial charge is 0.497 e. The van der Waals surface area contributed by atoms with E-state index in [1.54, 1.807) is 7.11 Å². The number of hydrogen-bond donors (Lipinski definition) is 1. The van der Waals surface area contributed by atoms with E-state index < -0.39 is 0 Å². The molecule has 2 aromatic carbocycles. The predicted octanol–water partition coefficient (Wildman–Crippen LogP) is 3.87. The summed E-state index contributed by atoms with van der Waals surface area (Å²) in [5.74, 6) is 0.907. The third kappa shape index (κ3) is 5.08. The standard InChI is InChI=1S/C20H28N2O/c1-4-22(5-2)20(18-11-13-19(23-3)14-12-18)16-21-15-17-9-7-6-8-10-17/h6-14,20-21H,4-5,15-16H2,1-3H3. The van der Waals surface area contributed by atoms with Crippen LogP contribution in [0.5, 0.6) is 5.75 Å². The van der Waals surface area contributed by atoms with Gasteiger partial charge in [-0.2, -0.15) is 0 Å². The van der Waals surface area contributed by atoms with E-state index in [0.717, 1.165) is 31.9 Å². The van der Waals surface area contributed by atoms with Crippen LogP contribution < -0.4 is 10.1 Å². The lowest BCUT2D eigenvalue weighted by Gasteiger charge is -2.30. The first-order chi connectivity index (χ1) is 11.3. The first-order valence-corrected chi connectivity index (χ1v) is 8.41. The van der Waals surface area contributed by atoms with Crippen molar-refractivity contribution in [2.45, 2.75) is 26.4 Å². The van der Waals surface area contributed by atoms with Crippen LogP contribution in [-0.4, -0.2) is 31.6 Å². The molecule has 0 bridgehead atoms. The molecule has 0 aliphatic carbocycles. The molecule has 124 valence electrons. The van der Waals surface area contributed by atoms with Gasteiger partial charge in [0, 0.05) is 19.1 Å². The van der Waals surface area contributed by atoms with Gasteiger partial charge in [0.15, 0.2) is 0 Å². The van der Waals surface area contributed by atoms with Crippen LogP contribution in [0.25, 0.3) is 0 Å². The van der Waals surface area contributed by atoms with Crippen LogP contribution in [0.15, 0.2) is 54.6 Å². The number of hydrogen-bond acceptors (Lipinski definition) is 3. The zero-order chi connectivity index (χ0) is 16.5. The Kier molecular flexibility index (Phi) is 7.11. The lowest BCUT2D eigenvalue weighted by atomic mass is 10.0. The molecular formula is C20H28N2O. The molecule has 1 N–H and O–H groups in total. The smallest absolute Gasteiger partial charge is 0.118 e. The van der Waals surface area contributed by atoms with Crippen molar-refractivity contribution in [1.29, 1.82) is 0 Å². The molecule has 0 aliphatic rings. The monoisotopic (exact) mass is 312 g/mol. The fourth-order valence-corrected chi connectivity index (χ4v) is 2.90. The van der Waals surface area contributed by atoms with Crippen LogP contribution in [0.4, 0.5) is 0 Å². The minimum atomic E-state index is 0.375. The summed E-state index contributed by atoms with van der Waals surface area (Å²) in [5.41, 5.74) is 2.65. The van der Waals surface area contributed by atoms with E-state index in [-0.39, 0.29) is 0 Å². The highest BCUT2D eigenvalue weighted by Crippen LogP contribution is 2.22. The van der Waals surface area contributed by atoms with Crippen molar-refractivity contribution in [3.63, 3.8) is 0 Å². The summed E-state index contributed by atoms with van der Waals surface area (Å²) in [4.78, 5) is 2.49. The number of nitrogens with one attached hydrogen (secondary N) is 1. The Bertz CT molecular complexity index is 550. The Labute approximate surface area is 140 Å². The van der Waals surface area contributed by atoms with Crippen molar-refractivity contribution in [3.8, 4) is 5.75 Å². The first-order valence-electron chi connectivity index (χ1n) is 8.41. The number of methoxy groups -OCH3 is 1. The molecule has 0 aliphatic heterocycles. The van der Waals surface area contributed by atoms with E-state index in [2.05, 4.69) is 66.5 Å². The summed E-state index contributed by atoms with van der Waals surface area (Å²) < 4.78 is 5.27. The number of ether oxygens (including phenoxy) is 1.